The van der Waals surface area contributed by atoms with Crippen LogP contribution in [0.2, 0.25) is 0 Å². The lowest BCUT2D eigenvalue weighted by molar-refractivity contribution is 0.286. The molecule has 0 saturated carbocycles. The Labute approximate surface area is 101 Å². The molecular weight excluding hydrogens is 214 g/mol. The number of unbranched alkanes of at least 4 members (excludes halogenated alkanes) is 1. The standard InChI is InChI=1S/C13H19N3O/c1-10-15-12-9-11(14-7-3-4-8-17)5-6-13(12)16(10)2/h5-6,9,14,17H,3-4,7-8H2,1-2H3. The normalized spacial score (nSPS) is 11.0. The summed E-state index contributed by atoms with van der Waals surface area (Å²) in [5.41, 5.74) is 3.27. The van der Waals surface area contributed by atoms with E-state index >= 15 is 0 Å². The Morgan fingerprint density at radius 2 is 2.18 bits per heavy atom. The molecule has 92 valence electrons. The number of anilines is 1. The van der Waals surface area contributed by atoms with Crippen molar-refractivity contribution in [1.29, 1.82) is 0 Å². The molecule has 1 aromatic heterocycles. The maximum atomic E-state index is 8.70. The first kappa shape index (κ1) is 11.9. The molecule has 4 nitrogen and oxygen atoms in total. The third-order valence-corrected chi connectivity index (χ3v) is 3.02. The predicted octanol–water partition coefficient (Wildman–Crippen LogP) is 2.07. The number of nitrogens with zero attached hydrogens (tertiary/aromatic N) is 2. The summed E-state index contributed by atoms with van der Waals surface area (Å²) in [6.07, 6.45) is 1.83. The van der Waals surface area contributed by atoms with Crippen molar-refractivity contribution in [2.75, 3.05) is 18.5 Å². The van der Waals surface area contributed by atoms with Gasteiger partial charge >= 0.3 is 0 Å². The van der Waals surface area contributed by atoms with Crippen molar-refractivity contribution in [1.82, 2.24) is 9.55 Å². The Kier molecular flexibility index (Phi) is 3.64. The van der Waals surface area contributed by atoms with Crippen LogP contribution in [0.5, 0.6) is 0 Å². The fourth-order valence-electron chi connectivity index (χ4n) is 1.90. The number of aryl methyl sites for hydroxylation is 2. The predicted molar refractivity (Wildman–Crippen MR) is 70.3 cm³/mol. The Morgan fingerprint density at radius 3 is 2.94 bits per heavy atom. The Hall–Kier alpha value is -1.55. The Balaban J connectivity index is 2.09. The minimum atomic E-state index is 0.264. The summed E-state index contributed by atoms with van der Waals surface area (Å²) in [5, 5.41) is 12.0. The van der Waals surface area contributed by atoms with Crippen LogP contribution in [0.1, 0.15) is 18.7 Å². The molecule has 2 aromatic rings. The van der Waals surface area contributed by atoms with Gasteiger partial charge in [0.25, 0.3) is 0 Å². The number of hydrogen-bond donors (Lipinski definition) is 2. The highest BCUT2D eigenvalue weighted by Gasteiger charge is 2.04. The van der Waals surface area contributed by atoms with Crippen LogP contribution in [0, 0.1) is 6.92 Å². The van der Waals surface area contributed by atoms with E-state index < -0.39 is 0 Å². The van der Waals surface area contributed by atoms with Gasteiger partial charge < -0.3 is 15.0 Å². The molecule has 0 fully saturated rings. The number of imidazole rings is 1. The van der Waals surface area contributed by atoms with Crippen LogP contribution < -0.4 is 5.32 Å². The number of aliphatic hydroxyl groups is 1. The number of aromatic nitrogens is 2. The van der Waals surface area contributed by atoms with Gasteiger partial charge in [0.05, 0.1) is 11.0 Å². The first-order chi connectivity index (χ1) is 8.22. The molecule has 2 rings (SSSR count). The third kappa shape index (κ3) is 2.58. The lowest BCUT2D eigenvalue weighted by atomic mass is 10.2. The van der Waals surface area contributed by atoms with Gasteiger partial charge in [-0.2, -0.15) is 0 Å². The molecule has 1 aromatic carbocycles. The zero-order chi connectivity index (χ0) is 12.3. The molecule has 0 bridgehead atoms. The topological polar surface area (TPSA) is 50.1 Å². The maximum absolute atomic E-state index is 8.70. The highest BCUT2D eigenvalue weighted by molar-refractivity contribution is 5.80. The average molecular weight is 233 g/mol. The molecule has 0 amide bonds. The van der Waals surface area contributed by atoms with Crippen molar-refractivity contribution in [2.45, 2.75) is 19.8 Å². The first-order valence-corrected chi connectivity index (χ1v) is 6.00. The summed E-state index contributed by atoms with van der Waals surface area (Å²) in [7, 11) is 2.03. The van der Waals surface area contributed by atoms with Gasteiger partial charge in [-0.05, 0) is 38.0 Å². The van der Waals surface area contributed by atoms with E-state index in [1.54, 1.807) is 0 Å². The van der Waals surface area contributed by atoms with E-state index in [4.69, 9.17) is 5.11 Å². The molecule has 0 radical (unpaired) electrons. The van der Waals surface area contributed by atoms with E-state index in [9.17, 15) is 0 Å². The van der Waals surface area contributed by atoms with Gasteiger partial charge in [0, 0.05) is 25.9 Å². The molecule has 0 spiro atoms. The number of hydrogen-bond acceptors (Lipinski definition) is 3. The molecule has 17 heavy (non-hydrogen) atoms. The Bertz CT molecular complexity index is 505. The molecule has 0 aliphatic heterocycles. The molecule has 0 unspecified atom stereocenters. The van der Waals surface area contributed by atoms with Crippen LogP contribution in [0.15, 0.2) is 18.2 Å². The van der Waals surface area contributed by atoms with Crippen molar-refractivity contribution in [2.24, 2.45) is 7.05 Å². The minimum absolute atomic E-state index is 0.264. The maximum Gasteiger partial charge on any atom is 0.106 e. The fraction of sp³-hybridized carbons (Fsp3) is 0.462. The summed E-state index contributed by atoms with van der Waals surface area (Å²) in [4.78, 5) is 4.50. The van der Waals surface area contributed by atoms with Crippen molar-refractivity contribution >= 4 is 16.7 Å². The van der Waals surface area contributed by atoms with Crippen molar-refractivity contribution in [3.63, 3.8) is 0 Å². The monoisotopic (exact) mass is 233 g/mol. The molecule has 4 heteroatoms. The van der Waals surface area contributed by atoms with Crippen molar-refractivity contribution in [3.05, 3.63) is 24.0 Å². The van der Waals surface area contributed by atoms with Crippen molar-refractivity contribution in [3.8, 4) is 0 Å². The molecule has 0 aliphatic carbocycles. The molecule has 0 aliphatic rings. The Morgan fingerprint density at radius 1 is 1.35 bits per heavy atom. The van der Waals surface area contributed by atoms with Gasteiger partial charge in [-0.1, -0.05) is 0 Å². The zero-order valence-corrected chi connectivity index (χ0v) is 10.4. The van der Waals surface area contributed by atoms with Crippen LogP contribution >= 0.6 is 0 Å². The van der Waals surface area contributed by atoms with Crippen LogP contribution in [0.25, 0.3) is 11.0 Å². The van der Waals surface area contributed by atoms with Crippen LogP contribution in [0.3, 0.4) is 0 Å². The van der Waals surface area contributed by atoms with Crippen molar-refractivity contribution < 1.29 is 5.11 Å². The number of aliphatic hydroxyl groups excluding tert-OH is 1. The second kappa shape index (κ2) is 5.19. The fourth-order valence-corrected chi connectivity index (χ4v) is 1.90. The van der Waals surface area contributed by atoms with Gasteiger partial charge in [0.15, 0.2) is 0 Å². The van der Waals surface area contributed by atoms with E-state index in [2.05, 4.69) is 33.1 Å². The molecule has 2 N–H and O–H groups in total. The number of benzene rings is 1. The van der Waals surface area contributed by atoms with Gasteiger partial charge in [0.1, 0.15) is 5.82 Å². The number of rotatable bonds is 5. The lowest BCUT2D eigenvalue weighted by Crippen LogP contribution is -2.02. The third-order valence-electron chi connectivity index (χ3n) is 3.02. The summed E-state index contributed by atoms with van der Waals surface area (Å²) in [6.45, 7) is 3.16. The lowest BCUT2D eigenvalue weighted by Gasteiger charge is -2.05. The van der Waals surface area contributed by atoms with Crippen LogP contribution in [-0.4, -0.2) is 27.8 Å². The van der Waals surface area contributed by atoms with E-state index in [1.165, 1.54) is 0 Å². The number of nitrogens with one attached hydrogen (secondary N) is 1. The van der Waals surface area contributed by atoms with Gasteiger partial charge in [-0.15, -0.1) is 0 Å². The number of fused-ring (bicyclic) bond motifs is 1. The summed E-state index contributed by atoms with van der Waals surface area (Å²) >= 11 is 0. The molecule has 0 atom stereocenters. The first-order valence-electron chi connectivity index (χ1n) is 6.00. The summed E-state index contributed by atoms with van der Waals surface area (Å²) < 4.78 is 2.09. The van der Waals surface area contributed by atoms with Gasteiger partial charge in [0.2, 0.25) is 0 Å². The van der Waals surface area contributed by atoms with E-state index in [-0.39, 0.29) is 6.61 Å². The molecule has 1 heterocycles. The molecular formula is C13H19N3O. The van der Waals surface area contributed by atoms with Gasteiger partial charge in [-0.25, -0.2) is 4.98 Å². The summed E-state index contributed by atoms with van der Waals surface area (Å²) in [5.74, 6) is 1.03. The van der Waals surface area contributed by atoms with E-state index in [0.717, 1.165) is 41.9 Å². The SMILES string of the molecule is Cc1nc2cc(NCCCCO)ccc2n1C. The largest absolute Gasteiger partial charge is 0.396 e. The van der Waals surface area contributed by atoms with Crippen LogP contribution in [0.4, 0.5) is 5.69 Å². The van der Waals surface area contributed by atoms with Crippen LogP contribution in [-0.2, 0) is 7.05 Å². The highest BCUT2D eigenvalue weighted by atomic mass is 16.2. The minimum Gasteiger partial charge on any atom is -0.396 e. The second-order valence-electron chi connectivity index (χ2n) is 4.28. The highest BCUT2D eigenvalue weighted by Crippen LogP contribution is 2.19. The second-order valence-corrected chi connectivity index (χ2v) is 4.28. The average Bonchev–Trinajstić information content (AvgIpc) is 2.61. The zero-order valence-electron chi connectivity index (χ0n) is 10.4. The van der Waals surface area contributed by atoms with E-state index in [1.807, 2.05) is 14.0 Å². The summed E-state index contributed by atoms with van der Waals surface area (Å²) in [6, 6.07) is 6.23. The smallest absolute Gasteiger partial charge is 0.106 e. The van der Waals surface area contributed by atoms with E-state index in [0.29, 0.717) is 0 Å². The van der Waals surface area contributed by atoms with Gasteiger partial charge in [-0.3, -0.25) is 0 Å². The molecule has 0 saturated heterocycles. The quantitative estimate of drug-likeness (QED) is 0.777.